The van der Waals surface area contributed by atoms with Gasteiger partial charge in [0.2, 0.25) is 0 Å². The van der Waals surface area contributed by atoms with E-state index < -0.39 is 0 Å². The van der Waals surface area contributed by atoms with Crippen molar-refractivity contribution < 1.29 is 9.84 Å². The fraction of sp³-hybridized carbons (Fsp3) is 0.875. The van der Waals surface area contributed by atoms with Gasteiger partial charge in [0.1, 0.15) is 0 Å². The second-order valence-electron chi connectivity index (χ2n) is 5.82. The Bertz CT molecular complexity index is 213. The van der Waals surface area contributed by atoms with Gasteiger partial charge in [-0.1, -0.05) is 50.7 Å². The molecule has 2 nitrogen and oxygen atoms in total. The standard InChI is InChI=1S/C10H18O.C6H12O/c1-9(2)8-11-10-6-4-3-5-7-10;7-6-4-2-1-3-5-6/h10H,1,3-8H2,2H3;6-7H,1-5H2. The van der Waals surface area contributed by atoms with Crippen molar-refractivity contribution in [2.45, 2.75) is 83.3 Å². The van der Waals surface area contributed by atoms with Crippen molar-refractivity contribution in [1.82, 2.24) is 0 Å². The molecule has 1 N–H and O–H groups in total. The summed E-state index contributed by atoms with van der Waals surface area (Å²) in [5.74, 6) is 0. The Balaban J connectivity index is 0.000000199. The molecule has 2 heteroatoms. The third kappa shape index (κ3) is 7.88. The molecule has 0 aromatic rings. The van der Waals surface area contributed by atoms with E-state index in [9.17, 15) is 0 Å². The summed E-state index contributed by atoms with van der Waals surface area (Å²) in [4.78, 5) is 0. The fourth-order valence-electron chi connectivity index (χ4n) is 2.57. The number of hydrogen-bond donors (Lipinski definition) is 1. The van der Waals surface area contributed by atoms with Gasteiger partial charge < -0.3 is 9.84 Å². The minimum atomic E-state index is 0.0359. The van der Waals surface area contributed by atoms with E-state index in [0.717, 1.165) is 25.0 Å². The van der Waals surface area contributed by atoms with Crippen molar-refractivity contribution in [3.63, 3.8) is 0 Å². The molecule has 0 heterocycles. The Morgan fingerprint density at radius 2 is 1.50 bits per heavy atom. The first-order valence-electron chi connectivity index (χ1n) is 7.62. The molecule has 2 saturated carbocycles. The summed E-state index contributed by atoms with van der Waals surface area (Å²) >= 11 is 0. The molecule has 106 valence electrons. The van der Waals surface area contributed by atoms with E-state index in [4.69, 9.17) is 9.84 Å². The van der Waals surface area contributed by atoms with Crippen LogP contribution in [0, 0.1) is 0 Å². The lowest BCUT2D eigenvalue weighted by Crippen LogP contribution is -2.17. The minimum absolute atomic E-state index is 0.0359. The van der Waals surface area contributed by atoms with Crippen LogP contribution in [0.25, 0.3) is 0 Å². The first kappa shape index (κ1) is 15.7. The van der Waals surface area contributed by atoms with Crippen molar-refractivity contribution in [2.24, 2.45) is 0 Å². The highest BCUT2D eigenvalue weighted by atomic mass is 16.5. The van der Waals surface area contributed by atoms with Crippen molar-refractivity contribution in [1.29, 1.82) is 0 Å². The van der Waals surface area contributed by atoms with Crippen molar-refractivity contribution in [3.05, 3.63) is 12.2 Å². The van der Waals surface area contributed by atoms with Gasteiger partial charge in [0, 0.05) is 0 Å². The van der Waals surface area contributed by atoms with Gasteiger partial charge in [0.25, 0.3) is 0 Å². The molecule has 0 radical (unpaired) electrons. The summed E-state index contributed by atoms with van der Waals surface area (Å²) < 4.78 is 5.64. The summed E-state index contributed by atoms with van der Waals surface area (Å²) in [5.41, 5.74) is 1.13. The lowest BCUT2D eigenvalue weighted by atomic mass is 9.98. The monoisotopic (exact) mass is 254 g/mol. The van der Waals surface area contributed by atoms with E-state index in [2.05, 4.69) is 6.58 Å². The number of ether oxygens (including phenoxy) is 1. The molecule has 0 unspecified atom stereocenters. The molecule has 0 aromatic heterocycles. The number of aliphatic hydroxyl groups is 1. The first-order valence-corrected chi connectivity index (χ1v) is 7.62. The SMILES string of the molecule is C=C(C)COC1CCCCC1.OC1CCCCC1. The normalized spacial score (nSPS) is 22.1. The van der Waals surface area contributed by atoms with Crippen LogP contribution in [0.3, 0.4) is 0 Å². The van der Waals surface area contributed by atoms with Crippen LogP contribution in [-0.2, 0) is 4.74 Å². The predicted molar refractivity (Wildman–Crippen MR) is 76.7 cm³/mol. The molecule has 0 atom stereocenters. The molecule has 0 aliphatic heterocycles. The van der Waals surface area contributed by atoms with Crippen LogP contribution >= 0.6 is 0 Å². The van der Waals surface area contributed by atoms with Crippen molar-refractivity contribution in [3.8, 4) is 0 Å². The molecule has 2 rings (SSSR count). The zero-order valence-electron chi connectivity index (χ0n) is 12.0. The Labute approximate surface area is 112 Å². The van der Waals surface area contributed by atoms with Gasteiger partial charge in [0.05, 0.1) is 18.8 Å². The van der Waals surface area contributed by atoms with Crippen LogP contribution in [-0.4, -0.2) is 23.9 Å². The Morgan fingerprint density at radius 3 is 1.89 bits per heavy atom. The van der Waals surface area contributed by atoms with Gasteiger partial charge >= 0.3 is 0 Å². The third-order valence-corrected chi connectivity index (χ3v) is 3.69. The average Bonchev–Trinajstić information content (AvgIpc) is 2.39. The highest BCUT2D eigenvalue weighted by Crippen LogP contribution is 2.20. The average molecular weight is 254 g/mol. The molecule has 18 heavy (non-hydrogen) atoms. The molecular formula is C16H30O2. The van der Waals surface area contributed by atoms with Crippen LogP contribution in [0.5, 0.6) is 0 Å². The molecule has 0 saturated heterocycles. The lowest BCUT2D eigenvalue weighted by molar-refractivity contribution is 0.0428. The highest BCUT2D eigenvalue weighted by molar-refractivity contribution is 4.88. The van der Waals surface area contributed by atoms with Crippen LogP contribution in [0.1, 0.15) is 71.1 Å². The van der Waals surface area contributed by atoms with Gasteiger partial charge in [-0.2, -0.15) is 0 Å². The maximum Gasteiger partial charge on any atom is 0.0675 e. The van der Waals surface area contributed by atoms with Crippen LogP contribution < -0.4 is 0 Å². The first-order chi connectivity index (χ1) is 8.68. The zero-order valence-corrected chi connectivity index (χ0v) is 12.0. The smallest absolute Gasteiger partial charge is 0.0675 e. The van der Waals surface area contributed by atoms with E-state index in [1.807, 2.05) is 6.92 Å². The molecule has 2 aliphatic carbocycles. The maximum atomic E-state index is 8.91. The number of aliphatic hydroxyl groups excluding tert-OH is 1. The molecule has 0 amide bonds. The predicted octanol–water partition coefficient (Wildman–Crippen LogP) is 4.22. The Hall–Kier alpha value is -0.340. The van der Waals surface area contributed by atoms with Gasteiger partial charge in [-0.15, -0.1) is 0 Å². The van der Waals surface area contributed by atoms with E-state index in [1.54, 1.807) is 0 Å². The molecule has 0 aromatic carbocycles. The van der Waals surface area contributed by atoms with Crippen molar-refractivity contribution in [2.75, 3.05) is 6.61 Å². The molecule has 2 aliphatic rings. The lowest BCUT2D eigenvalue weighted by Gasteiger charge is -2.21. The third-order valence-electron chi connectivity index (χ3n) is 3.69. The summed E-state index contributed by atoms with van der Waals surface area (Å²) in [6, 6.07) is 0. The number of hydrogen-bond acceptors (Lipinski definition) is 2. The zero-order chi connectivity index (χ0) is 13.2. The van der Waals surface area contributed by atoms with Crippen molar-refractivity contribution >= 4 is 0 Å². The molecule has 0 spiro atoms. The summed E-state index contributed by atoms with van der Waals surface area (Å²) in [6.07, 6.45) is 13.1. The Kier molecular flexibility index (Phi) is 8.36. The fourth-order valence-corrected chi connectivity index (χ4v) is 2.57. The maximum absolute atomic E-state index is 8.91. The molecule has 2 fully saturated rings. The second kappa shape index (κ2) is 9.57. The van der Waals surface area contributed by atoms with E-state index in [0.29, 0.717) is 6.10 Å². The summed E-state index contributed by atoms with van der Waals surface area (Å²) in [6.45, 7) is 6.59. The quantitative estimate of drug-likeness (QED) is 0.764. The van der Waals surface area contributed by atoms with Gasteiger partial charge in [0.15, 0.2) is 0 Å². The van der Waals surface area contributed by atoms with Crippen LogP contribution in [0.15, 0.2) is 12.2 Å². The Morgan fingerprint density at radius 1 is 1.00 bits per heavy atom. The topological polar surface area (TPSA) is 29.5 Å². The second-order valence-corrected chi connectivity index (χ2v) is 5.82. The molecule has 0 bridgehead atoms. The minimum Gasteiger partial charge on any atom is -0.393 e. The summed E-state index contributed by atoms with van der Waals surface area (Å²) in [5, 5.41) is 8.91. The largest absolute Gasteiger partial charge is 0.393 e. The highest BCUT2D eigenvalue weighted by Gasteiger charge is 2.12. The van der Waals surface area contributed by atoms with E-state index in [1.165, 1.54) is 51.4 Å². The van der Waals surface area contributed by atoms with E-state index >= 15 is 0 Å². The number of rotatable bonds is 3. The van der Waals surface area contributed by atoms with E-state index in [-0.39, 0.29) is 6.10 Å². The van der Waals surface area contributed by atoms with Crippen LogP contribution in [0.2, 0.25) is 0 Å². The van der Waals surface area contributed by atoms with Gasteiger partial charge in [-0.25, -0.2) is 0 Å². The summed E-state index contributed by atoms with van der Waals surface area (Å²) in [7, 11) is 0. The van der Waals surface area contributed by atoms with Gasteiger partial charge in [-0.05, 0) is 32.6 Å². The van der Waals surface area contributed by atoms with Crippen LogP contribution in [0.4, 0.5) is 0 Å². The molecular weight excluding hydrogens is 224 g/mol. The van der Waals surface area contributed by atoms with Gasteiger partial charge in [-0.3, -0.25) is 0 Å².